The topological polar surface area (TPSA) is 61.4 Å². The summed E-state index contributed by atoms with van der Waals surface area (Å²) in [5, 5.41) is 5.18. The van der Waals surface area contributed by atoms with Gasteiger partial charge in [0.05, 0.1) is 12.2 Å². The molecule has 2 rings (SSSR count). The van der Waals surface area contributed by atoms with Gasteiger partial charge >= 0.3 is 6.03 Å². The summed E-state index contributed by atoms with van der Waals surface area (Å²) < 4.78 is 13.9. The van der Waals surface area contributed by atoms with E-state index in [1.165, 1.54) is 18.0 Å². The molecule has 2 N–H and O–H groups in total. The molecule has 5 nitrogen and oxygen atoms in total. The highest BCUT2D eigenvalue weighted by atomic mass is 19.1. The minimum absolute atomic E-state index is 0.0281. The molecule has 3 amide bonds. The Hall–Kier alpha value is -2.11. The molecule has 21 heavy (non-hydrogen) atoms. The number of para-hydroxylation sites is 1. The highest BCUT2D eigenvalue weighted by Gasteiger charge is 2.36. The average molecular weight is 293 g/mol. The third-order valence-electron chi connectivity index (χ3n) is 3.95. The first-order valence-corrected chi connectivity index (χ1v) is 7.06. The molecule has 1 aromatic carbocycles. The highest BCUT2D eigenvalue weighted by molar-refractivity contribution is 5.98. The van der Waals surface area contributed by atoms with Crippen LogP contribution >= 0.6 is 0 Å². The molecular weight excluding hydrogens is 273 g/mol. The average Bonchev–Trinajstić information content (AvgIpc) is 2.63. The zero-order chi connectivity index (χ0) is 15.6. The maximum atomic E-state index is 13.9. The van der Waals surface area contributed by atoms with E-state index in [1.54, 1.807) is 12.1 Å². The van der Waals surface area contributed by atoms with Gasteiger partial charge in [0, 0.05) is 7.05 Å². The molecule has 0 bridgehead atoms. The third kappa shape index (κ3) is 2.84. The Morgan fingerprint density at radius 3 is 2.90 bits per heavy atom. The van der Waals surface area contributed by atoms with Crippen molar-refractivity contribution in [3.05, 3.63) is 29.6 Å². The van der Waals surface area contributed by atoms with Crippen molar-refractivity contribution >= 4 is 17.6 Å². The van der Waals surface area contributed by atoms with Crippen molar-refractivity contribution in [3.63, 3.8) is 0 Å². The van der Waals surface area contributed by atoms with Crippen molar-refractivity contribution in [3.8, 4) is 0 Å². The summed E-state index contributed by atoms with van der Waals surface area (Å²) in [6.45, 7) is 4.06. The Labute approximate surface area is 123 Å². The van der Waals surface area contributed by atoms with Crippen LogP contribution < -0.4 is 10.6 Å². The zero-order valence-electron chi connectivity index (χ0n) is 12.4. The summed E-state index contributed by atoms with van der Waals surface area (Å²) in [6, 6.07) is 3.63. The van der Waals surface area contributed by atoms with Crippen molar-refractivity contribution in [1.82, 2.24) is 10.2 Å². The smallest absolute Gasteiger partial charge is 0.318 e. The summed E-state index contributed by atoms with van der Waals surface area (Å²) >= 11 is 0. The van der Waals surface area contributed by atoms with Gasteiger partial charge in [-0.15, -0.1) is 0 Å². The number of carbonyl (C=O) groups excluding carboxylic acids is 2. The zero-order valence-corrected chi connectivity index (χ0v) is 12.4. The van der Waals surface area contributed by atoms with Gasteiger partial charge in [0.25, 0.3) is 0 Å². The number of hydrogen-bond acceptors (Lipinski definition) is 2. The quantitative estimate of drug-likeness (QED) is 0.879. The van der Waals surface area contributed by atoms with E-state index in [4.69, 9.17) is 0 Å². The Kier molecular flexibility index (Phi) is 4.45. The Morgan fingerprint density at radius 1 is 1.57 bits per heavy atom. The largest absolute Gasteiger partial charge is 0.341 e. The number of halogens is 1. The molecule has 0 unspecified atom stereocenters. The number of nitrogens with one attached hydrogen (secondary N) is 2. The van der Waals surface area contributed by atoms with Gasteiger partial charge in [0.1, 0.15) is 11.9 Å². The van der Waals surface area contributed by atoms with Gasteiger partial charge in [-0.1, -0.05) is 32.4 Å². The number of amides is 3. The van der Waals surface area contributed by atoms with Crippen molar-refractivity contribution in [2.45, 2.75) is 32.9 Å². The lowest BCUT2D eigenvalue weighted by molar-refractivity contribution is -0.121. The second kappa shape index (κ2) is 6.11. The number of urea groups is 1. The number of rotatable bonds is 2. The highest BCUT2D eigenvalue weighted by Crippen LogP contribution is 2.29. The van der Waals surface area contributed by atoms with Gasteiger partial charge in [-0.2, -0.15) is 0 Å². The van der Waals surface area contributed by atoms with Gasteiger partial charge < -0.3 is 15.5 Å². The van der Waals surface area contributed by atoms with Crippen LogP contribution in [0.3, 0.4) is 0 Å². The normalized spacial score (nSPS) is 19.3. The summed E-state index contributed by atoms with van der Waals surface area (Å²) in [5.74, 6) is -0.862. The van der Waals surface area contributed by atoms with Crippen LogP contribution in [-0.2, 0) is 11.3 Å². The lowest BCUT2D eigenvalue weighted by Crippen LogP contribution is -2.51. The number of fused-ring (bicyclic) bond motifs is 1. The lowest BCUT2D eigenvalue weighted by atomic mass is 9.97. The van der Waals surface area contributed by atoms with Crippen LogP contribution in [0, 0.1) is 11.7 Å². The van der Waals surface area contributed by atoms with Gasteiger partial charge in [-0.25, -0.2) is 9.18 Å². The molecule has 114 valence electrons. The van der Waals surface area contributed by atoms with E-state index in [9.17, 15) is 14.0 Å². The van der Waals surface area contributed by atoms with Crippen LogP contribution in [0.4, 0.5) is 14.9 Å². The minimum atomic E-state index is -0.623. The molecule has 6 heteroatoms. The predicted octanol–water partition coefficient (Wildman–Crippen LogP) is 2.33. The first-order valence-electron chi connectivity index (χ1n) is 7.06. The van der Waals surface area contributed by atoms with Crippen molar-refractivity contribution in [2.75, 3.05) is 12.4 Å². The fourth-order valence-electron chi connectivity index (χ4n) is 2.59. The number of benzene rings is 1. The van der Waals surface area contributed by atoms with E-state index < -0.39 is 11.9 Å². The summed E-state index contributed by atoms with van der Waals surface area (Å²) in [7, 11) is 1.52. The molecular formula is C15H20FN3O2. The molecule has 1 aliphatic heterocycles. The Morgan fingerprint density at radius 2 is 2.29 bits per heavy atom. The van der Waals surface area contributed by atoms with Crippen molar-refractivity contribution in [1.29, 1.82) is 0 Å². The third-order valence-corrected chi connectivity index (χ3v) is 3.95. The molecule has 1 aliphatic rings. The molecule has 1 aromatic rings. The van der Waals surface area contributed by atoms with Crippen LogP contribution in [0.15, 0.2) is 18.2 Å². The van der Waals surface area contributed by atoms with Gasteiger partial charge in [-0.3, -0.25) is 4.79 Å². The van der Waals surface area contributed by atoms with Crippen LogP contribution in [0.25, 0.3) is 0 Å². The van der Waals surface area contributed by atoms with Crippen LogP contribution in [0.2, 0.25) is 0 Å². The molecule has 0 spiro atoms. The molecule has 0 aliphatic carbocycles. The standard InChI is InChI=1S/C15H20FN3O2/c1-4-9(2)13-14(20)18-12-10(6-5-7-11(12)16)8-19(13)15(21)17-3/h5-7,9,13H,4,8H2,1-3H3,(H,17,21)(H,18,20)/t9-,13-/m0/s1. The molecule has 0 aromatic heterocycles. The summed E-state index contributed by atoms with van der Waals surface area (Å²) in [5.41, 5.74) is 0.764. The minimum Gasteiger partial charge on any atom is -0.341 e. The summed E-state index contributed by atoms with van der Waals surface area (Å²) in [6.07, 6.45) is 0.740. The SMILES string of the molecule is CC[C@H](C)[C@H]1C(=O)Nc2c(F)cccc2CN1C(=O)NC. The van der Waals surface area contributed by atoms with E-state index in [1.807, 2.05) is 13.8 Å². The van der Waals surface area contributed by atoms with Gasteiger partial charge in [-0.05, 0) is 17.5 Å². The lowest BCUT2D eigenvalue weighted by Gasteiger charge is -2.31. The second-order valence-electron chi connectivity index (χ2n) is 5.28. The molecule has 0 radical (unpaired) electrons. The van der Waals surface area contributed by atoms with Gasteiger partial charge in [0.15, 0.2) is 0 Å². The number of carbonyl (C=O) groups is 2. The van der Waals surface area contributed by atoms with E-state index in [-0.39, 0.29) is 30.1 Å². The maximum absolute atomic E-state index is 13.9. The first kappa shape index (κ1) is 15.3. The fraction of sp³-hybridized carbons (Fsp3) is 0.467. The van der Waals surface area contributed by atoms with Gasteiger partial charge in [0.2, 0.25) is 5.91 Å². The van der Waals surface area contributed by atoms with Crippen molar-refractivity contribution < 1.29 is 14.0 Å². The van der Waals surface area contributed by atoms with E-state index in [2.05, 4.69) is 10.6 Å². The molecule has 0 saturated heterocycles. The predicted molar refractivity (Wildman–Crippen MR) is 78.3 cm³/mol. The Balaban J connectivity index is 2.48. The van der Waals surface area contributed by atoms with E-state index >= 15 is 0 Å². The molecule has 1 heterocycles. The summed E-state index contributed by atoms with van der Waals surface area (Å²) in [4.78, 5) is 26.1. The number of nitrogens with zero attached hydrogens (tertiary/aromatic N) is 1. The molecule has 0 saturated carbocycles. The molecule has 2 atom stereocenters. The van der Waals surface area contributed by atoms with Crippen molar-refractivity contribution in [2.24, 2.45) is 5.92 Å². The van der Waals surface area contributed by atoms with Crippen LogP contribution in [0.1, 0.15) is 25.8 Å². The number of anilines is 1. The monoisotopic (exact) mass is 293 g/mol. The van der Waals surface area contributed by atoms with Crippen LogP contribution in [0.5, 0.6) is 0 Å². The maximum Gasteiger partial charge on any atom is 0.318 e. The van der Waals surface area contributed by atoms with E-state index in [0.717, 1.165) is 6.42 Å². The fourth-order valence-corrected chi connectivity index (χ4v) is 2.59. The molecule has 0 fully saturated rings. The Bertz CT molecular complexity index is 562. The van der Waals surface area contributed by atoms with E-state index in [0.29, 0.717) is 5.56 Å². The number of hydrogen-bond donors (Lipinski definition) is 2. The second-order valence-corrected chi connectivity index (χ2v) is 5.28. The van der Waals surface area contributed by atoms with Crippen LogP contribution in [-0.4, -0.2) is 29.9 Å². The first-order chi connectivity index (χ1) is 9.99.